The summed E-state index contributed by atoms with van der Waals surface area (Å²) in [6, 6.07) is 5.46. The molecule has 0 radical (unpaired) electrons. The molecule has 1 aromatic rings. The van der Waals surface area contributed by atoms with Crippen LogP contribution < -0.4 is 5.32 Å². The number of aliphatic imine (C=N–C) groups is 1. The zero-order valence-corrected chi connectivity index (χ0v) is 10.5. The molecule has 5 heteroatoms. The van der Waals surface area contributed by atoms with E-state index in [-0.39, 0.29) is 0 Å². The first-order valence-corrected chi connectivity index (χ1v) is 6.22. The number of benzene rings is 1. The molecule has 0 aliphatic carbocycles. The summed E-state index contributed by atoms with van der Waals surface area (Å²) in [6.45, 7) is 3.02. The fourth-order valence-electron chi connectivity index (χ4n) is 1.24. The quantitative estimate of drug-likeness (QED) is 0.829. The highest BCUT2D eigenvalue weighted by Crippen LogP contribution is 2.27. The van der Waals surface area contributed by atoms with Crippen LogP contribution in [-0.2, 0) is 0 Å². The number of hydrogen-bond acceptors (Lipinski definition) is 3. The largest absolute Gasteiger partial charge is 0.335 e. The Morgan fingerprint density at radius 2 is 2.20 bits per heavy atom. The molecule has 2 rings (SSSR count). The van der Waals surface area contributed by atoms with Crippen molar-refractivity contribution in [3.63, 3.8) is 0 Å². The van der Waals surface area contributed by atoms with E-state index in [9.17, 15) is 0 Å². The molecule has 2 nitrogen and oxygen atoms in total. The maximum Gasteiger partial charge on any atom is 0.161 e. The first-order valence-electron chi connectivity index (χ1n) is 4.58. The van der Waals surface area contributed by atoms with E-state index in [0.717, 1.165) is 17.4 Å². The van der Waals surface area contributed by atoms with E-state index in [0.29, 0.717) is 15.3 Å². The molecular weight excluding hydrogens is 251 g/mol. The summed E-state index contributed by atoms with van der Waals surface area (Å²) in [5.74, 6) is 0. The van der Waals surface area contributed by atoms with Gasteiger partial charge in [-0.3, -0.25) is 4.99 Å². The third-order valence-electron chi connectivity index (χ3n) is 1.98. The second-order valence-electron chi connectivity index (χ2n) is 3.33. The number of nitrogens with zero attached hydrogens (tertiary/aromatic N) is 1. The molecule has 0 saturated carbocycles. The van der Waals surface area contributed by atoms with Crippen molar-refractivity contribution in [3.8, 4) is 0 Å². The van der Waals surface area contributed by atoms with Crippen molar-refractivity contribution in [2.45, 2.75) is 12.2 Å². The Hall–Kier alpha value is -0.380. The summed E-state index contributed by atoms with van der Waals surface area (Å²) in [6.07, 6.45) is 0. The van der Waals surface area contributed by atoms with Crippen LogP contribution in [0.5, 0.6) is 0 Å². The third-order valence-corrected chi connectivity index (χ3v) is 3.72. The van der Waals surface area contributed by atoms with E-state index in [4.69, 9.17) is 23.2 Å². The molecule has 1 aliphatic rings. The van der Waals surface area contributed by atoms with Crippen molar-refractivity contribution < 1.29 is 0 Å². The summed E-state index contributed by atoms with van der Waals surface area (Å²) >= 11 is 13.5. The smallest absolute Gasteiger partial charge is 0.161 e. The fraction of sp³-hybridized carbons (Fsp3) is 0.300. The number of halogens is 2. The lowest BCUT2D eigenvalue weighted by molar-refractivity contribution is 0.976. The molecule has 1 atom stereocenters. The monoisotopic (exact) mass is 260 g/mol. The Kier molecular flexibility index (Phi) is 3.44. The average molecular weight is 261 g/mol. The van der Waals surface area contributed by atoms with Gasteiger partial charge in [0.2, 0.25) is 0 Å². The van der Waals surface area contributed by atoms with E-state index in [1.807, 2.05) is 6.07 Å². The van der Waals surface area contributed by atoms with Gasteiger partial charge in [-0.05, 0) is 18.2 Å². The number of thioether (sulfide) groups is 1. The highest BCUT2D eigenvalue weighted by atomic mass is 35.5. The lowest BCUT2D eigenvalue weighted by atomic mass is 10.3. The summed E-state index contributed by atoms with van der Waals surface area (Å²) in [5.41, 5.74) is 0.921. The van der Waals surface area contributed by atoms with Crippen LogP contribution in [0.25, 0.3) is 0 Å². The van der Waals surface area contributed by atoms with Crippen LogP contribution in [0.4, 0.5) is 5.69 Å². The molecule has 0 saturated heterocycles. The van der Waals surface area contributed by atoms with Crippen LogP contribution in [-0.4, -0.2) is 17.0 Å². The lowest BCUT2D eigenvalue weighted by Gasteiger charge is -2.06. The highest BCUT2D eigenvalue weighted by molar-refractivity contribution is 8.15. The topological polar surface area (TPSA) is 24.4 Å². The third kappa shape index (κ3) is 2.80. The van der Waals surface area contributed by atoms with E-state index in [2.05, 4.69) is 17.2 Å². The Labute approximate surface area is 103 Å². The number of anilines is 1. The van der Waals surface area contributed by atoms with Crippen molar-refractivity contribution >= 4 is 45.8 Å². The standard InChI is InChI=1S/C10H10Cl2N2S/c1-6-5-13-10(15-6)14-7-2-3-8(11)9(12)4-7/h2-4,6H,5H2,1H3,(H,13,14). The molecule has 0 fully saturated rings. The summed E-state index contributed by atoms with van der Waals surface area (Å²) in [5, 5.41) is 5.83. The van der Waals surface area contributed by atoms with Gasteiger partial charge in [0.25, 0.3) is 0 Å². The molecule has 0 amide bonds. The Balaban J connectivity index is 2.08. The highest BCUT2D eigenvalue weighted by Gasteiger charge is 2.14. The second kappa shape index (κ2) is 4.64. The van der Waals surface area contributed by atoms with Gasteiger partial charge in [0.05, 0.1) is 16.6 Å². The molecule has 0 aromatic heterocycles. The number of hydrogen-bond donors (Lipinski definition) is 1. The molecule has 0 spiro atoms. The average Bonchev–Trinajstić information content (AvgIpc) is 2.58. The minimum absolute atomic E-state index is 0.551. The normalized spacial score (nSPS) is 20.2. The van der Waals surface area contributed by atoms with Gasteiger partial charge in [0.1, 0.15) is 0 Å². The van der Waals surface area contributed by atoms with E-state index in [1.54, 1.807) is 23.9 Å². The molecule has 15 heavy (non-hydrogen) atoms. The van der Waals surface area contributed by atoms with E-state index in [1.165, 1.54) is 0 Å². The first kappa shape index (κ1) is 11.1. The van der Waals surface area contributed by atoms with Gasteiger partial charge in [0, 0.05) is 10.9 Å². The first-order chi connectivity index (χ1) is 7.15. The predicted octanol–water partition coefficient (Wildman–Crippen LogP) is 3.90. The van der Waals surface area contributed by atoms with Crippen LogP contribution >= 0.6 is 35.0 Å². The molecular formula is C10H10Cl2N2S. The molecule has 1 unspecified atom stereocenters. The summed E-state index contributed by atoms with van der Waals surface area (Å²) < 4.78 is 0. The Morgan fingerprint density at radius 3 is 2.80 bits per heavy atom. The zero-order chi connectivity index (χ0) is 10.8. The van der Waals surface area contributed by atoms with Crippen molar-refractivity contribution in [2.24, 2.45) is 4.99 Å². The van der Waals surface area contributed by atoms with Crippen LogP contribution in [0.15, 0.2) is 23.2 Å². The fourth-order valence-corrected chi connectivity index (χ4v) is 2.40. The molecule has 1 heterocycles. The number of rotatable bonds is 1. The SMILES string of the molecule is CC1CN=C(Nc2ccc(Cl)c(Cl)c2)S1. The molecule has 80 valence electrons. The number of amidine groups is 1. The van der Waals surface area contributed by atoms with Crippen LogP contribution in [0, 0.1) is 0 Å². The Morgan fingerprint density at radius 1 is 1.40 bits per heavy atom. The second-order valence-corrected chi connectivity index (χ2v) is 5.57. The van der Waals surface area contributed by atoms with Crippen molar-refractivity contribution in [1.29, 1.82) is 0 Å². The number of nitrogens with one attached hydrogen (secondary N) is 1. The lowest BCUT2D eigenvalue weighted by Crippen LogP contribution is -2.05. The minimum Gasteiger partial charge on any atom is -0.335 e. The summed E-state index contributed by atoms with van der Waals surface area (Å²) in [7, 11) is 0. The van der Waals surface area contributed by atoms with E-state index < -0.39 is 0 Å². The van der Waals surface area contributed by atoms with Gasteiger partial charge in [-0.1, -0.05) is 41.9 Å². The van der Waals surface area contributed by atoms with Gasteiger partial charge in [-0.2, -0.15) is 0 Å². The molecule has 1 N–H and O–H groups in total. The van der Waals surface area contributed by atoms with Gasteiger partial charge in [-0.25, -0.2) is 0 Å². The van der Waals surface area contributed by atoms with Gasteiger partial charge in [-0.15, -0.1) is 0 Å². The Bertz CT molecular complexity index is 406. The zero-order valence-electron chi connectivity index (χ0n) is 8.13. The molecule has 0 bridgehead atoms. The van der Waals surface area contributed by atoms with E-state index >= 15 is 0 Å². The van der Waals surface area contributed by atoms with Gasteiger partial charge < -0.3 is 5.32 Å². The maximum atomic E-state index is 5.91. The maximum absolute atomic E-state index is 5.91. The molecule has 1 aromatic carbocycles. The predicted molar refractivity (Wildman–Crippen MR) is 69.4 cm³/mol. The summed E-state index contributed by atoms with van der Waals surface area (Å²) in [4.78, 5) is 4.36. The van der Waals surface area contributed by atoms with Crippen molar-refractivity contribution in [2.75, 3.05) is 11.9 Å². The van der Waals surface area contributed by atoms with Gasteiger partial charge in [0.15, 0.2) is 5.17 Å². The van der Waals surface area contributed by atoms with Crippen LogP contribution in [0.3, 0.4) is 0 Å². The minimum atomic E-state index is 0.551. The van der Waals surface area contributed by atoms with Crippen molar-refractivity contribution in [3.05, 3.63) is 28.2 Å². The van der Waals surface area contributed by atoms with Crippen LogP contribution in [0.2, 0.25) is 10.0 Å². The van der Waals surface area contributed by atoms with Crippen molar-refractivity contribution in [1.82, 2.24) is 0 Å². The van der Waals surface area contributed by atoms with Crippen LogP contribution in [0.1, 0.15) is 6.92 Å². The van der Waals surface area contributed by atoms with Gasteiger partial charge >= 0.3 is 0 Å². The molecule has 1 aliphatic heterocycles.